The van der Waals surface area contributed by atoms with Crippen LogP contribution in [0.25, 0.3) is 0 Å². The van der Waals surface area contributed by atoms with Crippen molar-refractivity contribution in [3.05, 3.63) is 29.6 Å². The lowest BCUT2D eigenvalue weighted by atomic mass is 10.2. The van der Waals surface area contributed by atoms with Crippen LogP contribution in [0.1, 0.15) is 18.4 Å². The zero-order chi connectivity index (χ0) is 14.2. The van der Waals surface area contributed by atoms with Crippen molar-refractivity contribution in [3.63, 3.8) is 0 Å². The first-order chi connectivity index (χ1) is 9.79. The Balaban J connectivity index is 1.95. The molecule has 1 aromatic rings. The van der Waals surface area contributed by atoms with E-state index in [1.54, 1.807) is 19.2 Å². The van der Waals surface area contributed by atoms with Crippen LogP contribution in [0.2, 0.25) is 0 Å². The highest BCUT2D eigenvalue weighted by molar-refractivity contribution is 8.00. The van der Waals surface area contributed by atoms with Crippen molar-refractivity contribution in [1.82, 2.24) is 5.32 Å². The normalized spacial score (nSPS) is 16.5. The van der Waals surface area contributed by atoms with E-state index in [-0.39, 0.29) is 5.82 Å². The summed E-state index contributed by atoms with van der Waals surface area (Å²) < 4.78 is 23.8. The average Bonchev–Trinajstić information content (AvgIpc) is 2.47. The van der Waals surface area contributed by atoms with Gasteiger partial charge in [0, 0.05) is 43.6 Å². The largest absolute Gasteiger partial charge is 0.383 e. The first kappa shape index (κ1) is 15.8. The highest BCUT2D eigenvalue weighted by atomic mass is 32.2. The van der Waals surface area contributed by atoms with Crippen LogP contribution >= 0.6 is 11.8 Å². The summed E-state index contributed by atoms with van der Waals surface area (Å²) in [6.45, 7) is 3.78. The summed E-state index contributed by atoms with van der Waals surface area (Å²) in [6.07, 6.45) is 2.14. The van der Waals surface area contributed by atoms with Gasteiger partial charge in [-0.2, -0.15) is 0 Å². The molecule has 1 aliphatic heterocycles. The molecule has 1 aromatic carbocycles. The zero-order valence-corrected chi connectivity index (χ0v) is 12.7. The number of halogens is 1. The van der Waals surface area contributed by atoms with Gasteiger partial charge < -0.3 is 14.8 Å². The molecule has 1 aliphatic rings. The van der Waals surface area contributed by atoms with Gasteiger partial charge in [0.15, 0.2) is 0 Å². The van der Waals surface area contributed by atoms with Crippen LogP contribution in [0.4, 0.5) is 4.39 Å². The second kappa shape index (κ2) is 8.62. The first-order valence-electron chi connectivity index (χ1n) is 7.02. The Hall–Kier alpha value is -0.620. The molecule has 2 rings (SSSR count). The zero-order valence-electron chi connectivity index (χ0n) is 11.9. The molecule has 0 atom stereocenters. The summed E-state index contributed by atoms with van der Waals surface area (Å²) in [5.41, 5.74) is 1.03. The quantitative estimate of drug-likeness (QED) is 0.784. The average molecular weight is 299 g/mol. The van der Waals surface area contributed by atoms with Crippen LogP contribution in [0.5, 0.6) is 0 Å². The fraction of sp³-hybridized carbons (Fsp3) is 0.600. The van der Waals surface area contributed by atoms with Gasteiger partial charge in [0.05, 0.1) is 6.61 Å². The molecule has 3 nitrogen and oxygen atoms in total. The monoisotopic (exact) mass is 299 g/mol. The summed E-state index contributed by atoms with van der Waals surface area (Å²) in [7, 11) is 1.68. The number of hydrogen-bond acceptors (Lipinski definition) is 4. The molecule has 0 bridgehead atoms. The minimum atomic E-state index is -0.176. The van der Waals surface area contributed by atoms with Crippen LogP contribution in [0.3, 0.4) is 0 Å². The Morgan fingerprint density at radius 2 is 2.20 bits per heavy atom. The van der Waals surface area contributed by atoms with E-state index in [1.807, 2.05) is 17.8 Å². The third kappa shape index (κ3) is 5.05. The van der Waals surface area contributed by atoms with Gasteiger partial charge in [0.1, 0.15) is 5.82 Å². The molecule has 20 heavy (non-hydrogen) atoms. The number of rotatable bonds is 7. The van der Waals surface area contributed by atoms with Gasteiger partial charge in [-0.25, -0.2) is 4.39 Å². The fourth-order valence-electron chi connectivity index (χ4n) is 2.17. The Kier molecular flexibility index (Phi) is 6.79. The number of thioether (sulfide) groups is 1. The van der Waals surface area contributed by atoms with E-state index in [1.165, 1.54) is 4.90 Å². The molecule has 5 heteroatoms. The Labute approximate surface area is 124 Å². The van der Waals surface area contributed by atoms with Gasteiger partial charge in [0.25, 0.3) is 0 Å². The van der Waals surface area contributed by atoms with Crippen molar-refractivity contribution in [3.8, 4) is 0 Å². The predicted molar refractivity (Wildman–Crippen MR) is 79.7 cm³/mol. The molecule has 1 N–H and O–H groups in total. The van der Waals surface area contributed by atoms with Crippen molar-refractivity contribution in [2.75, 3.05) is 33.5 Å². The lowest BCUT2D eigenvalue weighted by Gasteiger charge is -2.22. The van der Waals surface area contributed by atoms with Crippen LogP contribution in [0, 0.1) is 5.82 Å². The molecule has 0 unspecified atom stereocenters. The molecule has 0 aliphatic carbocycles. The Bertz CT molecular complexity index is 411. The third-order valence-electron chi connectivity index (χ3n) is 3.28. The number of benzene rings is 1. The summed E-state index contributed by atoms with van der Waals surface area (Å²) in [6, 6.07) is 5.06. The molecule has 1 heterocycles. The molecule has 1 saturated heterocycles. The molecule has 0 saturated carbocycles. The van der Waals surface area contributed by atoms with Crippen molar-refractivity contribution in [2.45, 2.75) is 29.5 Å². The Morgan fingerprint density at radius 1 is 1.40 bits per heavy atom. The maximum atomic E-state index is 13.4. The highest BCUT2D eigenvalue weighted by Gasteiger charge is 2.16. The molecule has 0 amide bonds. The minimum Gasteiger partial charge on any atom is -0.383 e. The smallest absolute Gasteiger partial charge is 0.123 e. The first-order valence-corrected chi connectivity index (χ1v) is 7.90. The van der Waals surface area contributed by atoms with Gasteiger partial charge in [0.2, 0.25) is 0 Å². The van der Waals surface area contributed by atoms with Gasteiger partial charge in [-0.3, -0.25) is 0 Å². The van der Waals surface area contributed by atoms with Gasteiger partial charge in [-0.1, -0.05) is 0 Å². The highest BCUT2D eigenvalue weighted by Crippen LogP contribution is 2.32. The summed E-state index contributed by atoms with van der Waals surface area (Å²) >= 11 is 1.85. The molecule has 0 aromatic heterocycles. The van der Waals surface area contributed by atoms with E-state index in [2.05, 4.69) is 5.32 Å². The van der Waals surface area contributed by atoms with Crippen molar-refractivity contribution in [1.29, 1.82) is 0 Å². The lowest BCUT2D eigenvalue weighted by molar-refractivity contribution is 0.1000. The van der Waals surface area contributed by atoms with Crippen LogP contribution in [-0.2, 0) is 16.0 Å². The van der Waals surface area contributed by atoms with E-state index in [0.29, 0.717) is 18.4 Å². The van der Waals surface area contributed by atoms with E-state index in [9.17, 15) is 4.39 Å². The van der Waals surface area contributed by atoms with Crippen LogP contribution in [0.15, 0.2) is 23.1 Å². The minimum absolute atomic E-state index is 0.176. The van der Waals surface area contributed by atoms with Crippen molar-refractivity contribution < 1.29 is 13.9 Å². The summed E-state index contributed by atoms with van der Waals surface area (Å²) in [5.74, 6) is -0.176. The number of ether oxygens (including phenoxy) is 2. The topological polar surface area (TPSA) is 30.5 Å². The maximum Gasteiger partial charge on any atom is 0.123 e. The summed E-state index contributed by atoms with van der Waals surface area (Å²) in [4.78, 5) is 1.17. The van der Waals surface area contributed by atoms with Gasteiger partial charge >= 0.3 is 0 Å². The third-order valence-corrected chi connectivity index (χ3v) is 4.74. The molecule has 112 valence electrons. The molecule has 1 fully saturated rings. The van der Waals surface area contributed by atoms with E-state index < -0.39 is 0 Å². The van der Waals surface area contributed by atoms with E-state index in [0.717, 1.165) is 38.2 Å². The molecule has 0 radical (unpaired) electrons. The van der Waals surface area contributed by atoms with E-state index >= 15 is 0 Å². The second-order valence-electron chi connectivity index (χ2n) is 4.85. The Morgan fingerprint density at radius 3 is 2.95 bits per heavy atom. The van der Waals surface area contributed by atoms with Gasteiger partial charge in [-0.15, -0.1) is 11.8 Å². The van der Waals surface area contributed by atoms with Gasteiger partial charge in [-0.05, 0) is 36.6 Å². The number of methoxy groups -OCH3 is 1. The van der Waals surface area contributed by atoms with E-state index in [4.69, 9.17) is 9.47 Å². The number of nitrogens with one attached hydrogen (secondary N) is 1. The molecular weight excluding hydrogens is 277 g/mol. The second-order valence-corrected chi connectivity index (χ2v) is 6.19. The maximum absolute atomic E-state index is 13.4. The van der Waals surface area contributed by atoms with Crippen molar-refractivity contribution in [2.24, 2.45) is 0 Å². The standard InChI is InChI=1S/C15H22FNO2S/c1-18-9-6-17-11-12-10-13(16)2-3-15(12)20-14-4-7-19-8-5-14/h2-3,10,14,17H,4-9,11H2,1H3. The van der Waals surface area contributed by atoms with Crippen molar-refractivity contribution >= 4 is 11.8 Å². The summed E-state index contributed by atoms with van der Waals surface area (Å²) in [5, 5.41) is 3.85. The predicted octanol–water partition coefficient (Wildman–Crippen LogP) is 2.83. The molecular formula is C15H22FNO2S. The van der Waals surface area contributed by atoms with Crippen LogP contribution < -0.4 is 5.32 Å². The fourth-order valence-corrected chi connectivity index (χ4v) is 3.39. The lowest BCUT2D eigenvalue weighted by Crippen LogP contribution is -2.20. The SMILES string of the molecule is COCCNCc1cc(F)ccc1SC1CCOCC1. The van der Waals surface area contributed by atoms with Crippen LogP contribution in [-0.4, -0.2) is 38.7 Å². The number of hydrogen-bond donors (Lipinski definition) is 1. The molecule has 0 spiro atoms.